The molecule has 0 aliphatic rings. The highest BCUT2D eigenvalue weighted by molar-refractivity contribution is 8.13. The van der Waals surface area contributed by atoms with Crippen LogP contribution in [0.2, 0.25) is 0 Å². The van der Waals surface area contributed by atoms with E-state index in [-0.39, 0.29) is 0 Å². The summed E-state index contributed by atoms with van der Waals surface area (Å²) in [5.74, 6) is 0.803. The Morgan fingerprint density at radius 3 is 2.32 bits per heavy atom. The molecule has 2 rings (SSSR count). The molecule has 0 aliphatic heterocycles. The Bertz CT molecular complexity index is 550. The van der Waals surface area contributed by atoms with E-state index in [0.29, 0.717) is 5.17 Å². The van der Waals surface area contributed by atoms with Gasteiger partial charge in [-0.15, -0.1) is 5.10 Å². The number of nitrogens with two attached hydrogens (primary N) is 1. The van der Waals surface area contributed by atoms with Gasteiger partial charge >= 0.3 is 0 Å². The lowest BCUT2D eigenvalue weighted by atomic mass is 10.2. The highest BCUT2D eigenvalue weighted by Crippen LogP contribution is 2.11. The molecule has 0 bridgehead atoms. The molecule has 96 valence electrons. The third kappa shape index (κ3) is 4.97. The molecule has 0 aromatic heterocycles. The molecule has 0 aliphatic carbocycles. The van der Waals surface area contributed by atoms with E-state index < -0.39 is 0 Å². The lowest BCUT2D eigenvalue weighted by Crippen LogP contribution is -2.05. The Morgan fingerprint density at radius 2 is 1.63 bits per heavy atom. The van der Waals surface area contributed by atoms with E-state index in [1.807, 2.05) is 48.5 Å². The Labute approximate surface area is 117 Å². The first-order chi connectivity index (χ1) is 9.34. The summed E-state index contributed by atoms with van der Waals surface area (Å²) in [5, 5.41) is 8.40. The second-order valence-corrected chi connectivity index (χ2v) is 4.86. The minimum atomic E-state index is 0.469. The molecule has 0 heterocycles. The first-order valence-corrected chi connectivity index (χ1v) is 6.91. The van der Waals surface area contributed by atoms with Gasteiger partial charge < -0.3 is 5.73 Å². The molecular formula is C15H15N3S. The molecular weight excluding hydrogens is 254 g/mol. The normalized spacial score (nSPS) is 11.9. The number of rotatable bonds is 4. The second-order valence-electron chi connectivity index (χ2n) is 3.87. The maximum Gasteiger partial charge on any atom is 0.180 e. The average Bonchev–Trinajstić information content (AvgIpc) is 2.47. The highest BCUT2D eigenvalue weighted by atomic mass is 32.2. The average molecular weight is 269 g/mol. The van der Waals surface area contributed by atoms with Gasteiger partial charge in [-0.2, -0.15) is 5.10 Å². The predicted molar refractivity (Wildman–Crippen MR) is 83.4 cm³/mol. The molecule has 3 nitrogen and oxygen atoms in total. The van der Waals surface area contributed by atoms with Crippen molar-refractivity contribution in [2.75, 3.05) is 0 Å². The summed E-state index contributed by atoms with van der Waals surface area (Å²) in [6, 6.07) is 19.9. The standard InChI is InChI=1S/C15H15N3S/c16-15(19-12-14-9-5-2-6-10-14)18-17-11-13-7-3-1-4-8-13/h1-11H,12H2,(H2,16,18)/b17-11+. The first kappa shape index (κ1) is 13.4. The van der Waals surface area contributed by atoms with Gasteiger partial charge in [0, 0.05) is 5.75 Å². The summed E-state index contributed by atoms with van der Waals surface area (Å²) in [7, 11) is 0. The van der Waals surface area contributed by atoms with Gasteiger partial charge in [0.2, 0.25) is 0 Å². The molecule has 2 aromatic carbocycles. The largest absolute Gasteiger partial charge is 0.377 e. The maximum absolute atomic E-state index is 5.78. The van der Waals surface area contributed by atoms with Crippen molar-refractivity contribution < 1.29 is 0 Å². The lowest BCUT2D eigenvalue weighted by molar-refractivity contribution is 1.25. The van der Waals surface area contributed by atoms with Crippen LogP contribution in [0.25, 0.3) is 0 Å². The summed E-state index contributed by atoms with van der Waals surface area (Å²) < 4.78 is 0. The SMILES string of the molecule is N/C(=N\N=C\c1ccccc1)SCc1ccccc1. The van der Waals surface area contributed by atoms with Crippen LogP contribution in [0.5, 0.6) is 0 Å². The van der Waals surface area contributed by atoms with Gasteiger partial charge in [0.15, 0.2) is 5.17 Å². The minimum Gasteiger partial charge on any atom is -0.377 e. The van der Waals surface area contributed by atoms with Crippen molar-refractivity contribution in [3.8, 4) is 0 Å². The van der Waals surface area contributed by atoms with Crippen LogP contribution < -0.4 is 5.73 Å². The van der Waals surface area contributed by atoms with Crippen molar-refractivity contribution in [2.24, 2.45) is 15.9 Å². The van der Waals surface area contributed by atoms with E-state index in [4.69, 9.17) is 5.73 Å². The number of benzene rings is 2. The molecule has 0 radical (unpaired) electrons. The van der Waals surface area contributed by atoms with Crippen molar-refractivity contribution in [2.45, 2.75) is 5.75 Å². The van der Waals surface area contributed by atoms with E-state index in [0.717, 1.165) is 11.3 Å². The highest BCUT2D eigenvalue weighted by Gasteiger charge is 1.95. The van der Waals surface area contributed by atoms with Gasteiger partial charge in [-0.25, -0.2) is 0 Å². The Balaban J connectivity index is 1.85. The Hall–Kier alpha value is -2.07. The molecule has 2 N–H and O–H groups in total. The van der Waals surface area contributed by atoms with Crippen LogP contribution in [0, 0.1) is 0 Å². The van der Waals surface area contributed by atoms with Crippen molar-refractivity contribution in [3.05, 3.63) is 71.8 Å². The van der Waals surface area contributed by atoms with Gasteiger partial charge in [0.1, 0.15) is 0 Å². The van der Waals surface area contributed by atoms with Crippen LogP contribution in [0.15, 0.2) is 70.9 Å². The number of thioether (sulfide) groups is 1. The molecule has 0 fully saturated rings. The summed E-state index contributed by atoms with van der Waals surface area (Å²) in [5.41, 5.74) is 8.01. The third-order valence-electron chi connectivity index (χ3n) is 2.39. The van der Waals surface area contributed by atoms with Crippen molar-refractivity contribution in [1.82, 2.24) is 0 Å². The number of hydrogen-bond acceptors (Lipinski definition) is 3. The summed E-state index contributed by atoms with van der Waals surface area (Å²) >= 11 is 1.48. The van der Waals surface area contributed by atoms with Crippen LogP contribution in [0.4, 0.5) is 0 Å². The predicted octanol–water partition coefficient (Wildman–Crippen LogP) is 3.27. The van der Waals surface area contributed by atoms with E-state index in [1.54, 1.807) is 6.21 Å². The van der Waals surface area contributed by atoms with Crippen molar-refractivity contribution in [3.63, 3.8) is 0 Å². The van der Waals surface area contributed by atoms with Crippen LogP contribution in [0.3, 0.4) is 0 Å². The fourth-order valence-electron chi connectivity index (χ4n) is 1.45. The molecule has 0 unspecified atom stereocenters. The molecule has 0 amide bonds. The minimum absolute atomic E-state index is 0.469. The maximum atomic E-state index is 5.78. The molecule has 0 saturated carbocycles. The number of amidine groups is 1. The molecule has 0 saturated heterocycles. The summed E-state index contributed by atoms with van der Waals surface area (Å²) in [4.78, 5) is 0. The van der Waals surface area contributed by atoms with Gasteiger partial charge in [-0.05, 0) is 11.1 Å². The third-order valence-corrected chi connectivity index (χ3v) is 3.25. The zero-order chi connectivity index (χ0) is 13.3. The quantitative estimate of drug-likeness (QED) is 0.526. The smallest absolute Gasteiger partial charge is 0.180 e. The number of hydrogen-bond donors (Lipinski definition) is 1. The molecule has 4 heteroatoms. The topological polar surface area (TPSA) is 50.7 Å². The Morgan fingerprint density at radius 1 is 1.00 bits per heavy atom. The zero-order valence-electron chi connectivity index (χ0n) is 10.4. The van der Waals surface area contributed by atoms with Crippen molar-refractivity contribution >= 4 is 23.1 Å². The van der Waals surface area contributed by atoms with Gasteiger partial charge in [-0.3, -0.25) is 0 Å². The van der Waals surface area contributed by atoms with Crippen LogP contribution in [0.1, 0.15) is 11.1 Å². The Kier molecular flexibility index (Phi) is 5.19. The zero-order valence-corrected chi connectivity index (χ0v) is 11.3. The molecule has 0 atom stereocenters. The fourth-order valence-corrected chi connectivity index (χ4v) is 2.06. The van der Waals surface area contributed by atoms with Crippen LogP contribution in [-0.4, -0.2) is 11.4 Å². The lowest BCUT2D eigenvalue weighted by Gasteiger charge is -1.99. The molecule has 19 heavy (non-hydrogen) atoms. The fraction of sp³-hybridized carbons (Fsp3) is 0.0667. The monoisotopic (exact) mass is 269 g/mol. The van der Waals surface area contributed by atoms with Gasteiger partial charge in [0.25, 0.3) is 0 Å². The van der Waals surface area contributed by atoms with Gasteiger partial charge in [-0.1, -0.05) is 72.4 Å². The molecule has 2 aromatic rings. The van der Waals surface area contributed by atoms with Crippen LogP contribution >= 0.6 is 11.8 Å². The second kappa shape index (κ2) is 7.38. The first-order valence-electron chi connectivity index (χ1n) is 5.93. The van der Waals surface area contributed by atoms with Crippen LogP contribution in [-0.2, 0) is 5.75 Å². The van der Waals surface area contributed by atoms with E-state index in [9.17, 15) is 0 Å². The summed E-state index contributed by atoms with van der Waals surface area (Å²) in [6.45, 7) is 0. The van der Waals surface area contributed by atoms with Gasteiger partial charge in [0.05, 0.1) is 6.21 Å². The summed E-state index contributed by atoms with van der Waals surface area (Å²) in [6.07, 6.45) is 1.69. The van der Waals surface area contributed by atoms with E-state index in [2.05, 4.69) is 22.3 Å². The van der Waals surface area contributed by atoms with E-state index in [1.165, 1.54) is 17.3 Å². The molecule has 0 spiro atoms. The number of nitrogens with zero attached hydrogens (tertiary/aromatic N) is 2. The van der Waals surface area contributed by atoms with Crippen molar-refractivity contribution in [1.29, 1.82) is 0 Å². The van der Waals surface area contributed by atoms with E-state index >= 15 is 0 Å².